The first-order valence-electron chi connectivity index (χ1n) is 15.5. The average molecular weight is 614 g/mol. The molecule has 43 heavy (non-hydrogen) atoms. The molecule has 2 saturated carbocycles. The normalized spacial score (nSPS) is 29.7. The van der Waals surface area contributed by atoms with E-state index in [-0.39, 0.29) is 11.0 Å². The molecule has 220 valence electrons. The van der Waals surface area contributed by atoms with Gasteiger partial charge in [0.25, 0.3) is 0 Å². The summed E-state index contributed by atoms with van der Waals surface area (Å²) >= 11 is 8.62. The van der Waals surface area contributed by atoms with Gasteiger partial charge in [0.2, 0.25) is 0 Å². The second kappa shape index (κ2) is 8.78. The molecule has 4 bridgehead atoms. The topological polar surface area (TPSA) is 101 Å². The highest BCUT2D eigenvalue weighted by Crippen LogP contribution is 2.57. The molecule has 4 saturated heterocycles. The van der Waals surface area contributed by atoms with E-state index in [1.807, 2.05) is 18.5 Å². The number of benzene rings is 1. The fraction of sp³-hybridized carbons (Fsp3) is 0.500. The van der Waals surface area contributed by atoms with Crippen molar-refractivity contribution in [3.05, 3.63) is 35.1 Å². The third-order valence-electron chi connectivity index (χ3n) is 10.4. The van der Waals surface area contributed by atoms with E-state index in [1.54, 1.807) is 11.3 Å². The summed E-state index contributed by atoms with van der Waals surface area (Å²) in [5.74, 6) is 1.43. The van der Waals surface area contributed by atoms with E-state index in [1.165, 1.54) is 18.4 Å². The second-order valence-electron chi connectivity index (χ2n) is 13.8. The molecule has 2 aliphatic carbocycles. The molecule has 2 unspecified atom stereocenters. The highest BCUT2D eigenvalue weighted by Gasteiger charge is 2.60. The molecule has 8 heterocycles. The van der Waals surface area contributed by atoms with Crippen molar-refractivity contribution in [2.75, 3.05) is 31.2 Å². The highest BCUT2D eigenvalue weighted by atomic mass is 35.5. The molecular weight excluding hydrogens is 582 g/mol. The Morgan fingerprint density at radius 2 is 1.98 bits per heavy atom. The Hall–Kier alpha value is -3.05. The average Bonchev–Trinajstić information content (AvgIpc) is 3.27. The van der Waals surface area contributed by atoms with E-state index >= 15 is 0 Å². The van der Waals surface area contributed by atoms with Crippen molar-refractivity contribution in [2.45, 2.75) is 69.1 Å². The number of rotatable bonds is 6. The predicted molar refractivity (Wildman–Crippen MR) is 168 cm³/mol. The van der Waals surface area contributed by atoms with Crippen LogP contribution in [0.2, 0.25) is 5.02 Å². The SMILES string of the molecule is CC12CC(COc3nc(N4CC5CCC(C4)N5)c4c(n3)sc3c(-c5c(C6CC6)c(Cl)cc6[nH]ncc56)nccc34)(CO1)C2. The Morgan fingerprint density at radius 1 is 1.14 bits per heavy atom. The summed E-state index contributed by atoms with van der Waals surface area (Å²) < 4.78 is 13.6. The first-order chi connectivity index (χ1) is 20.9. The van der Waals surface area contributed by atoms with E-state index < -0.39 is 0 Å². The molecule has 1 aromatic carbocycles. The van der Waals surface area contributed by atoms with Crippen molar-refractivity contribution in [3.8, 4) is 17.3 Å². The Bertz CT molecular complexity index is 1950. The van der Waals surface area contributed by atoms with Crippen LogP contribution in [0.4, 0.5) is 5.82 Å². The Kier molecular flexibility index (Phi) is 5.16. The molecule has 0 radical (unpaired) electrons. The van der Waals surface area contributed by atoms with E-state index in [2.05, 4.69) is 33.4 Å². The highest BCUT2D eigenvalue weighted by molar-refractivity contribution is 7.26. The van der Waals surface area contributed by atoms with Crippen molar-refractivity contribution in [1.82, 2.24) is 30.5 Å². The van der Waals surface area contributed by atoms with E-state index in [0.717, 1.165) is 98.7 Å². The summed E-state index contributed by atoms with van der Waals surface area (Å²) in [7, 11) is 0. The maximum atomic E-state index is 6.94. The molecule has 4 aromatic heterocycles. The summed E-state index contributed by atoms with van der Waals surface area (Å²) in [5.41, 5.74) is 4.26. The predicted octanol–water partition coefficient (Wildman–Crippen LogP) is 6.20. The number of hydrogen-bond donors (Lipinski definition) is 2. The van der Waals surface area contributed by atoms with Crippen LogP contribution < -0.4 is 15.0 Å². The molecule has 11 heteroatoms. The van der Waals surface area contributed by atoms with Gasteiger partial charge < -0.3 is 19.7 Å². The summed E-state index contributed by atoms with van der Waals surface area (Å²) in [6, 6.07) is 5.57. The fourth-order valence-electron chi connectivity index (χ4n) is 8.53. The maximum absolute atomic E-state index is 6.94. The van der Waals surface area contributed by atoms with Gasteiger partial charge in [0, 0.05) is 58.1 Å². The Balaban J connectivity index is 1.16. The van der Waals surface area contributed by atoms with Gasteiger partial charge in [-0.2, -0.15) is 15.1 Å². The lowest BCUT2D eigenvalue weighted by Crippen LogP contribution is -2.51. The van der Waals surface area contributed by atoms with Crippen LogP contribution in [0.25, 0.3) is 42.5 Å². The molecule has 11 rings (SSSR count). The quantitative estimate of drug-likeness (QED) is 0.233. The number of thiophene rings is 1. The van der Waals surface area contributed by atoms with Gasteiger partial charge in [0.1, 0.15) is 10.6 Å². The minimum Gasteiger partial charge on any atom is -0.463 e. The fourth-order valence-corrected chi connectivity index (χ4v) is 10.0. The number of ether oxygens (including phenoxy) is 2. The zero-order valence-electron chi connectivity index (χ0n) is 24.0. The van der Waals surface area contributed by atoms with Gasteiger partial charge in [0.15, 0.2) is 0 Å². The Morgan fingerprint density at radius 3 is 2.74 bits per heavy atom. The Labute approximate surface area is 257 Å². The van der Waals surface area contributed by atoms with Crippen LogP contribution in [-0.4, -0.2) is 69.1 Å². The number of anilines is 1. The zero-order chi connectivity index (χ0) is 28.5. The third kappa shape index (κ3) is 3.82. The molecule has 4 aliphatic heterocycles. The lowest BCUT2D eigenvalue weighted by molar-refractivity contribution is -0.00932. The standard InChI is InChI=1S/C32H32ClN7O2S/c1-31-12-32(13-31,15-42-31)14-41-30-37-28(40-10-17-4-5-18(11-40)36-17)25-19-6-7-34-26(27(19)43-29(25)38-30)24-20-9-35-39-22(20)8-21(33)23(24)16-2-3-16/h6-9,16-18,36H,2-5,10-15H2,1H3,(H,35,39). The summed E-state index contributed by atoms with van der Waals surface area (Å²) in [6.07, 6.45) is 10.6. The van der Waals surface area contributed by atoms with Crippen LogP contribution in [0.1, 0.15) is 56.9 Å². The van der Waals surface area contributed by atoms with E-state index in [0.29, 0.717) is 30.6 Å². The molecular formula is C32H32ClN7O2S. The van der Waals surface area contributed by atoms with Gasteiger partial charge >= 0.3 is 6.01 Å². The number of H-pyrrole nitrogens is 1. The molecule has 6 aliphatic rings. The van der Waals surface area contributed by atoms with E-state index in [4.69, 9.17) is 36.0 Å². The number of aromatic nitrogens is 5. The number of piperazine rings is 1. The van der Waals surface area contributed by atoms with Gasteiger partial charge in [-0.15, -0.1) is 11.3 Å². The zero-order valence-corrected chi connectivity index (χ0v) is 25.5. The first-order valence-corrected chi connectivity index (χ1v) is 16.7. The van der Waals surface area contributed by atoms with Gasteiger partial charge in [-0.1, -0.05) is 11.6 Å². The number of nitrogens with zero attached hydrogens (tertiary/aromatic N) is 5. The molecule has 9 nitrogen and oxygen atoms in total. The lowest BCUT2D eigenvalue weighted by atomic mass is 9.64. The van der Waals surface area contributed by atoms with Crippen molar-refractivity contribution in [2.24, 2.45) is 5.41 Å². The summed E-state index contributed by atoms with van der Waals surface area (Å²) in [5, 5.41) is 15.3. The maximum Gasteiger partial charge on any atom is 0.319 e. The third-order valence-corrected chi connectivity index (χ3v) is 11.8. The van der Waals surface area contributed by atoms with Crippen LogP contribution in [0.3, 0.4) is 0 Å². The molecule has 0 amide bonds. The summed E-state index contributed by atoms with van der Waals surface area (Å²) in [6.45, 7) is 5.41. The van der Waals surface area contributed by atoms with Crippen molar-refractivity contribution in [1.29, 1.82) is 0 Å². The van der Waals surface area contributed by atoms with Gasteiger partial charge in [-0.3, -0.25) is 10.1 Å². The lowest BCUT2D eigenvalue weighted by Gasteiger charge is -2.41. The molecule has 6 fully saturated rings. The van der Waals surface area contributed by atoms with E-state index in [9.17, 15) is 0 Å². The van der Waals surface area contributed by atoms with Crippen molar-refractivity contribution < 1.29 is 9.47 Å². The molecule has 2 atom stereocenters. The number of fused-ring (bicyclic) bond motifs is 7. The minimum absolute atomic E-state index is 0.0222. The first kappa shape index (κ1) is 25.3. The largest absolute Gasteiger partial charge is 0.463 e. The van der Waals surface area contributed by atoms with Gasteiger partial charge in [-0.25, -0.2) is 0 Å². The number of halogens is 1. The molecule has 0 spiro atoms. The van der Waals surface area contributed by atoms with Crippen LogP contribution in [0.5, 0.6) is 6.01 Å². The number of aromatic amines is 1. The summed E-state index contributed by atoms with van der Waals surface area (Å²) in [4.78, 5) is 18.6. The molecule has 5 aromatic rings. The minimum atomic E-state index is 0.0222. The van der Waals surface area contributed by atoms with Crippen molar-refractivity contribution >= 4 is 60.0 Å². The van der Waals surface area contributed by atoms with Gasteiger partial charge in [-0.05, 0) is 69.1 Å². The second-order valence-corrected chi connectivity index (χ2v) is 15.2. The van der Waals surface area contributed by atoms with Crippen LogP contribution in [-0.2, 0) is 4.74 Å². The molecule has 2 N–H and O–H groups in total. The number of pyridine rings is 1. The monoisotopic (exact) mass is 613 g/mol. The smallest absolute Gasteiger partial charge is 0.319 e. The van der Waals surface area contributed by atoms with Crippen LogP contribution in [0, 0.1) is 5.41 Å². The number of hydrogen-bond acceptors (Lipinski definition) is 9. The number of nitrogens with one attached hydrogen (secondary N) is 2. The van der Waals surface area contributed by atoms with Crippen LogP contribution in [0.15, 0.2) is 24.5 Å². The van der Waals surface area contributed by atoms with Crippen molar-refractivity contribution in [3.63, 3.8) is 0 Å². The van der Waals surface area contributed by atoms with Crippen LogP contribution >= 0.6 is 22.9 Å². The van der Waals surface area contributed by atoms with Gasteiger partial charge in [0.05, 0.1) is 46.3 Å².